The third-order valence-corrected chi connectivity index (χ3v) is 6.07. The molecule has 1 aromatic heterocycles. The second-order valence-electron chi connectivity index (χ2n) is 7.49. The first-order chi connectivity index (χ1) is 15.0. The Morgan fingerprint density at radius 1 is 1.16 bits per heavy atom. The van der Waals surface area contributed by atoms with E-state index in [1.54, 1.807) is 28.6 Å². The monoisotopic (exact) mass is 435 g/mol. The molecule has 7 nitrogen and oxygen atoms in total. The summed E-state index contributed by atoms with van der Waals surface area (Å²) in [7, 11) is 0. The van der Waals surface area contributed by atoms with Crippen LogP contribution in [0, 0.1) is 6.92 Å². The van der Waals surface area contributed by atoms with Gasteiger partial charge in [0, 0.05) is 17.1 Å². The lowest BCUT2D eigenvalue weighted by molar-refractivity contribution is -0.113. The summed E-state index contributed by atoms with van der Waals surface area (Å²) in [5.74, 6) is 1.47. The summed E-state index contributed by atoms with van der Waals surface area (Å²) in [6, 6.07) is 14.1. The number of benzene rings is 2. The number of fused-ring (bicyclic) bond motifs is 1. The summed E-state index contributed by atoms with van der Waals surface area (Å²) >= 11 is 1.59. The molecule has 0 aliphatic carbocycles. The van der Waals surface area contributed by atoms with Gasteiger partial charge in [-0.25, -0.2) is 4.68 Å². The average molecular weight is 436 g/mol. The fourth-order valence-electron chi connectivity index (χ4n) is 3.48. The van der Waals surface area contributed by atoms with Gasteiger partial charge < -0.3 is 15.7 Å². The number of phenols is 1. The summed E-state index contributed by atoms with van der Waals surface area (Å²) in [6.07, 6.45) is 1.02. The molecular weight excluding hydrogens is 410 g/mol. The molecular formula is C23H25N5O2S. The van der Waals surface area contributed by atoms with Crippen molar-refractivity contribution in [2.24, 2.45) is 0 Å². The molecule has 0 radical (unpaired) electrons. The van der Waals surface area contributed by atoms with Crippen molar-refractivity contribution in [2.75, 3.05) is 16.4 Å². The van der Waals surface area contributed by atoms with Gasteiger partial charge >= 0.3 is 0 Å². The van der Waals surface area contributed by atoms with E-state index in [-0.39, 0.29) is 11.7 Å². The number of nitrogens with zero attached hydrogens (tertiary/aromatic N) is 3. The van der Waals surface area contributed by atoms with Crippen molar-refractivity contribution < 1.29 is 9.90 Å². The molecule has 0 spiro atoms. The highest BCUT2D eigenvalue weighted by Crippen LogP contribution is 2.37. The molecule has 2 aromatic carbocycles. The normalized spacial score (nSPS) is 15.4. The maximum absolute atomic E-state index is 13.4. The largest absolute Gasteiger partial charge is 0.508 e. The molecule has 31 heavy (non-hydrogen) atoms. The third-order valence-electron chi connectivity index (χ3n) is 5.03. The highest BCUT2D eigenvalue weighted by molar-refractivity contribution is 7.99. The smallest absolute Gasteiger partial charge is 0.255 e. The number of phenolic OH excluding ortho intramolecular Hbond substituents is 1. The summed E-state index contributed by atoms with van der Waals surface area (Å²) in [5, 5.41) is 21.3. The van der Waals surface area contributed by atoms with Gasteiger partial charge in [-0.3, -0.25) is 4.79 Å². The second-order valence-corrected chi connectivity index (χ2v) is 8.55. The molecule has 3 aromatic rings. The van der Waals surface area contributed by atoms with Crippen molar-refractivity contribution >= 4 is 29.3 Å². The summed E-state index contributed by atoms with van der Waals surface area (Å²) in [6.45, 7) is 5.98. The van der Waals surface area contributed by atoms with Crippen LogP contribution >= 0.6 is 11.8 Å². The lowest BCUT2D eigenvalue weighted by atomic mass is 9.95. The average Bonchev–Trinajstić information content (AvgIpc) is 3.15. The van der Waals surface area contributed by atoms with Gasteiger partial charge in [0.1, 0.15) is 11.8 Å². The third kappa shape index (κ3) is 4.44. The van der Waals surface area contributed by atoms with Crippen LogP contribution in [0.4, 0.5) is 11.6 Å². The van der Waals surface area contributed by atoms with Gasteiger partial charge in [0.15, 0.2) is 0 Å². The molecule has 1 aliphatic heterocycles. The van der Waals surface area contributed by atoms with E-state index in [1.807, 2.05) is 50.2 Å². The molecule has 8 heteroatoms. The number of rotatable bonds is 6. The zero-order valence-electron chi connectivity index (χ0n) is 17.7. The quantitative estimate of drug-likeness (QED) is 0.485. The van der Waals surface area contributed by atoms with Gasteiger partial charge in [-0.15, -0.1) is 5.10 Å². The Hall–Kier alpha value is -3.26. The van der Waals surface area contributed by atoms with Crippen molar-refractivity contribution in [2.45, 2.75) is 38.4 Å². The Morgan fingerprint density at radius 3 is 2.55 bits per heavy atom. The minimum Gasteiger partial charge on any atom is -0.508 e. The highest BCUT2D eigenvalue weighted by atomic mass is 32.2. The molecule has 0 saturated carbocycles. The maximum atomic E-state index is 13.4. The minimum absolute atomic E-state index is 0.169. The van der Waals surface area contributed by atoms with E-state index in [0.29, 0.717) is 16.7 Å². The van der Waals surface area contributed by atoms with Crippen LogP contribution in [0.5, 0.6) is 5.75 Å². The van der Waals surface area contributed by atoms with Crippen LogP contribution in [0.1, 0.15) is 37.4 Å². The first-order valence-corrected chi connectivity index (χ1v) is 11.2. The number of amides is 1. The van der Waals surface area contributed by atoms with E-state index in [4.69, 9.17) is 0 Å². The van der Waals surface area contributed by atoms with E-state index < -0.39 is 6.04 Å². The fourth-order valence-corrected chi connectivity index (χ4v) is 4.16. The molecule has 1 atom stereocenters. The van der Waals surface area contributed by atoms with Gasteiger partial charge in [-0.1, -0.05) is 48.5 Å². The van der Waals surface area contributed by atoms with E-state index in [9.17, 15) is 9.90 Å². The van der Waals surface area contributed by atoms with E-state index in [0.717, 1.165) is 34.7 Å². The number of anilines is 2. The number of aryl methyl sites for hydroxylation is 1. The number of carbonyl (C=O) groups is 1. The standard InChI is InChI=1S/C23H25N5O2S/c1-4-13-31-23-26-22-24-15(3)19(21(30)25-17-9-5-14(2)6-10-17)20(28(22)27-23)16-7-11-18(29)12-8-16/h5-12,20,29H,4,13H2,1-3H3,(H,25,30)(H,24,26,27). The van der Waals surface area contributed by atoms with Gasteiger partial charge in [0.25, 0.3) is 5.91 Å². The first kappa shape index (κ1) is 21.0. The molecule has 0 bridgehead atoms. The predicted octanol–water partition coefficient (Wildman–Crippen LogP) is 4.72. The molecule has 0 fully saturated rings. The van der Waals surface area contributed by atoms with Crippen molar-refractivity contribution in [1.29, 1.82) is 0 Å². The molecule has 2 heterocycles. The molecule has 1 aliphatic rings. The Morgan fingerprint density at radius 2 is 1.87 bits per heavy atom. The number of aromatic nitrogens is 3. The lowest BCUT2D eigenvalue weighted by Crippen LogP contribution is -2.31. The number of aromatic hydroxyl groups is 1. The van der Waals surface area contributed by atoms with Crippen LogP contribution < -0.4 is 10.6 Å². The molecule has 160 valence electrons. The van der Waals surface area contributed by atoms with Crippen molar-refractivity contribution in [3.05, 3.63) is 70.9 Å². The fraction of sp³-hybridized carbons (Fsp3) is 0.261. The van der Waals surface area contributed by atoms with Crippen LogP contribution in [0.15, 0.2) is 65.0 Å². The SMILES string of the molecule is CCCSc1nc2n(n1)C(c1ccc(O)cc1)C(C(=O)Nc1ccc(C)cc1)=C(C)N2. The van der Waals surface area contributed by atoms with Crippen LogP contribution in [0.2, 0.25) is 0 Å². The van der Waals surface area contributed by atoms with E-state index >= 15 is 0 Å². The van der Waals surface area contributed by atoms with Gasteiger partial charge in [-0.05, 0) is 50.1 Å². The van der Waals surface area contributed by atoms with Crippen molar-refractivity contribution in [3.63, 3.8) is 0 Å². The highest BCUT2D eigenvalue weighted by Gasteiger charge is 2.34. The number of hydrogen-bond acceptors (Lipinski definition) is 6. The van der Waals surface area contributed by atoms with Crippen LogP contribution in [0.3, 0.4) is 0 Å². The summed E-state index contributed by atoms with van der Waals surface area (Å²) < 4.78 is 1.75. The van der Waals surface area contributed by atoms with Crippen LogP contribution in [0.25, 0.3) is 0 Å². The Balaban J connectivity index is 1.74. The Kier molecular flexibility index (Phi) is 5.99. The summed E-state index contributed by atoms with van der Waals surface area (Å²) in [5.41, 5.74) is 3.96. The number of nitrogens with one attached hydrogen (secondary N) is 2. The maximum Gasteiger partial charge on any atom is 0.255 e. The number of allylic oxidation sites excluding steroid dienone is 1. The van der Waals surface area contributed by atoms with Crippen LogP contribution in [-0.4, -0.2) is 31.5 Å². The zero-order valence-corrected chi connectivity index (χ0v) is 18.5. The predicted molar refractivity (Wildman–Crippen MR) is 123 cm³/mol. The summed E-state index contributed by atoms with van der Waals surface area (Å²) in [4.78, 5) is 18.0. The van der Waals surface area contributed by atoms with Crippen molar-refractivity contribution in [3.8, 4) is 5.75 Å². The lowest BCUT2D eigenvalue weighted by Gasteiger charge is -2.28. The topological polar surface area (TPSA) is 92.1 Å². The molecule has 0 saturated heterocycles. The number of hydrogen-bond donors (Lipinski definition) is 3. The van der Waals surface area contributed by atoms with E-state index in [2.05, 4.69) is 27.6 Å². The molecule has 1 unspecified atom stereocenters. The van der Waals surface area contributed by atoms with Gasteiger partial charge in [-0.2, -0.15) is 4.98 Å². The minimum atomic E-state index is -0.467. The Bertz CT molecular complexity index is 1120. The second kappa shape index (κ2) is 8.85. The number of thioether (sulfide) groups is 1. The van der Waals surface area contributed by atoms with Crippen molar-refractivity contribution in [1.82, 2.24) is 14.8 Å². The number of carbonyl (C=O) groups excluding carboxylic acids is 1. The molecule has 1 amide bonds. The first-order valence-electron chi connectivity index (χ1n) is 10.2. The molecule has 4 rings (SSSR count). The van der Waals surface area contributed by atoms with Gasteiger partial charge in [0.2, 0.25) is 11.1 Å². The zero-order chi connectivity index (χ0) is 22.0. The van der Waals surface area contributed by atoms with Crippen LogP contribution in [-0.2, 0) is 4.79 Å². The van der Waals surface area contributed by atoms with E-state index in [1.165, 1.54) is 0 Å². The Labute approximate surface area is 185 Å². The van der Waals surface area contributed by atoms with Gasteiger partial charge in [0.05, 0.1) is 5.57 Å². The molecule has 3 N–H and O–H groups in total.